The SMILES string of the molecule is Cc1nsc(NC(=O)[C@@H]2C[C@H]2c2ccc3ccccc3c2)n1. The highest BCUT2D eigenvalue weighted by atomic mass is 32.1. The smallest absolute Gasteiger partial charge is 0.229 e. The molecule has 110 valence electrons. The van der Waals surface area contributed by atoms with E-state index in [-0.39, 0.29) is 11.8 Å². The van der Waals surface area contributed by atoms with Crippen molar-refractivity contribution in [3.8, 4) is 0 Å². The normalized spacial score (nSPS) is 20.0. The number of aryl methyl sites for hydroxylation is 1. The second-order valence-electron chi connectivity index (χ2n) is 5.69. The molecule has 1 aromatic heterocycles. The van der Waals surface area contributed by atoms with Gasteiger partial charge in [0.05, 0.1) is 0 Å². The van der Waals surface area contributed by atoms with E-state index in [9.17, 15) is 4.79 Å². The predicted molar refractivity (Wildman–Crippen MR) is 88.1 cm³/mol. The molecule has 2 atom stereocenters. The van der Waals surface area contributed by atoms with Crippen molar-refractivity contribution in [1.29, 1.82) is 0 Å². The van der Waals surface area contributed by atoms with Gasteiger partial charge in [0.15, 0.2) is 0 Å². The Morgan fingerprint density at radius 1 is 1.23 bits per heavy atom. The molecule has 0 unspecified atom stereocenters. The Bertz CT molecular complexity index is 858. The summed E-state index contributed by atoms with van der Waals surface area (Å²) in [4.78, 5) is 16.4. The molecule has 3 aromatic rings. The van der Waals surface area contributed by atoms with Gasteiger partial charge < -0.3 is 5.32 Å². The van der Waals surface area contributed by atoms with Gasteiger partial charge in [0.1, 0.15) is 5.82 Å². The van der Waals surface area contributed by atoms with Crippen molar-refractivity contribution in [2.45, 2.75) is 19.3 Å². The maximum absolute atomic E-state index is 12.3. The Kier molecular flexibility index (Phi) is 3.15. The average Bonchev–Trinajstić information content (AvgIpc) is 3.24. The average molecular weight is 309 g/mol. The van der Waals surface area contributed by atoms with Crippen LogP contribution in [0.1, 0.15) is 23.7 Å². The van der Waals surface area contributed by atoms with Gasteiger partial charge in [-0.2, -0.15) is 4.37 Å². The highest BCUT2D eigenvalue weighted by Gasteiger charge is 2.44. The topological polar surface area (TPSA) is 54.9 Å². The van der Waals surface area contributed by atoms with Gasteiger partial charge in [-0.05, 0) is 35.6 Å². The number of hydrogen-bond acceptors (Lipinski definition) is 4. The van der Waals surface area contributed by atoms with Crippen LogP contribution in [0.5, 0.6) is 0 Å². The van der Waals surface area contributed by atoms with Crippen LogP contribution < -0.4 is 5.32 Å². The maximum Gasteiger partial charge on any atom is 0.229 e. The minimum atomic E-state index is 0.0466. The predicted octanol–water partition coefficient (Wildman–Crippen LogP) is 3.74. The Labute approximate surface area is 132 Å². The fourth-order valence-corrected chi connectivity index (χ4v) is 3.42. The molecule has 0 spiro atoms. The van der Waals surface area contributed by atoms with Gasteiger partial charge in [-0.3, -0.25) is 4.79 Å². The summed E-state index contributed by atoms with van der Waals surface area (Å²) in [5.74, 6) is 1.11. The molecule has 1 amide bonds. The van der Waals surface area contributed by atoms with Gasteiger partial charge in [0.2, 0.25) is 11.0 Å². The van der Waals surface area contributed by atoms with Crippen LogP contribution in [0.15, 0.2) is 42.5 Å². The molecular weight excluding hydrogens is 294 g/mol. The minimum Gasteiger partial charge on any atom is -0.300 e. The van der Waals surface area contributed by atoms with Crippen molar-refractivity contribution < 1.29 is 4.79 Å². The van der Waals surface area contributed by atoms with E-state index in [0.29, 0.717) is 16.9 Å². The van der Waals surface area contributed by atoms with Crippen molar-refractivity contribution in [3.63, 3.8) is 0 Å². The van der Waals surface area contributed by atoms with Crippen LogP contribution in [0.25, 0.3) is 10.8 Å². The molecule has 0 aliphatic heterocycles. The number of fused-ring (bicyclic) bond motifs is 1. The first kappa shape index (κ1) is 13.4. The molecule has 4 nitrogen and oxygen atoms in total. The summed E-state index contributed by atoms with van der Waals surface area (Å²) < 4.78 is 4.08. The van der Waals surface area contributed by atoms with Crippen LogP contribution >= 0.6 is 11.5 Å². The zero-order valence-corrected chi connectivity index (χ0v) is 12.9. The van der Waals surface area contributed by atoms with Crippen molar-refractivity contribution in [3.05, 3.63) is 53.9 Å². The van der Waals surface area contributed by atoms with E-state index in [1.807, 2.05) is 19.1 Å². The molecule has 0 bridgehead atoms. The van der Waals surface area contributed by atoms with Crippen molar-refractivity contribution >= 4 is 33.3 Å². The number of nitrogens with zero attached hydrogens (tertiary/aromatic N) is 2. The first-order valence-electron chi connectivity index (χ1n) is 7.30. The third kappa shape index (κ3) is 2.48. The van der Waals surface area contributed by atoms with Gasteiger partial charge in [0, 0.05) is 17.5 Å². The first-order chi connectivity index (χ1) is 10.7. The van der Waals surface area contributed by atoms with E-state index in [4.69, 9.17) is 0 Å². The monoisotopic (exact) mass is 309 g/mol. The zero-order chi connectivity index (χ0) is 15.1. The van der Waals surface area contributed by atoms with Gasteiger partial charge >= 0.3 is 0 Å². The van der Waals surface area contributed by atoms with Gasteiger partial charge in [0.25, 0.3) is 0 Å². The summed E-state index contributed by atoms with van der Waals surface area (Å²) in [6.45, 7) is 1.82. The lowest BCUT2D eigenvalue weighted by atomic mass is 10.0. The van der Waals surface area contributed by atoms with E-state index in [1.54, 1.807) is 0 Å². The number of nitrogens with one attached hydrogen (secondary N) is 1. The lowest BCUT2D eigenvalue weighted by Crippen LogP contribution is -2.14. The van der Waals surface area contributed by atoms with Crippen molar-refractivity contribution in [2.75, 3.05) is 5.32 Å². The van der Waals surface area contributed by atoms with Crippen molar-refractivity contribution in [1.82, 2.24) is 9.36 Å². The molecule has 0 radical (unpaired) electrons. The molecule has 1 heterocycles. The number of anilines is 1. The summed E-state index contributed by atoms with van der Waals surface area (Å²) in [7, 11) is 0. The molecule has 1 N–H and O–H groups in total. The maximum atomic E-state index is 12.3. The van der Waals surface area contributed by atoms with E-state index in [1.165, 1.54) is 27.9 Å². The quantitative estimate of drug-likeness (QED) is 0.802. The lowest BCUT2D eigenvalue weighted by Gasteiger charge is -2.04. The van der Waals surface area contributed by atoms with E-state index < -0.39 is 0 Å². The molecule has 2 aromatic carbocycles. The van der Waals surface area contributed by atoms with E-state index in [2.05, 4.69) is 45.0 Å². The lowest BCUT2D eigenvalue weighted by molar-refractivity contribution is -0.117. The summed E-state index contributed by atoms with van der Waals surface area (Å²) in [6, 6.07) is 14.8. The third-order valence-corrected chi connectivity index (χ3v) is 4.81. The minimum absolute atomic E-state index is 0.0466. The summed E-state index contributed by atoms with van der Waals surface area (Å²) in [5.41, 5.74) is 1.24. The summed E-state index contributed by atoms with van der Waals surface area (Å²) in [5, 5.41) is 5.92. The van der Waals surface area contributed by atoms with Gasteiger partial charge in [-0.15, -0.1) is 0 Å². The standard InChI is InChI=1S/C17H15N3OS/c1-10-18-17(22-20-10)19-16(21)15-9-14(15)13-7-6-11-4-2-3-5-12(11)8-13/h2-8,14-15H,9H2,1H3,(H,18,19,20,21)/t14-,15+/m0/s1. The Hall–Kier alpha value is -2.27. The molecule has 0 saturated heterocycles. The molecule has 1 aliphatic rings. The molecule has 1 aliphatic carbocycles. The second-order valence-corrected chi connectivity index (χ2v) is 6.44. The molecular formula is C17H15N3OS. The van der Waals surface area contributed by atoms with E-state index >= 15 is 0 Å². The van der Waals surface area contributed by atoms with Crippen LogP contribution in [-0.2, 0) is 4.79 Å². The highest BCUT2D eigenvalue weighted by molar-refractivity contribution is 7.09. The molecule has 1 saturated carbocycles. The number of hydrogen-bond donors (Lipinski definition) is 1. The fourth-order valence-electron chi connectivity index (χ4n) is 2.84. The number of carbonyl (C=O) groups excluding carboxylic acids is 1. The van der Waals surface area contributed by atoms with Crippen LogP contribution in [0.2, 0.25) is 0 Å². The second kappa shape index (κ2) is 5.18. The summed E-state index contributed by atoms with van der Waals surface area (Å²) >= 11 is 1.23. The van der Waals surface area contributed by atoms with Gasteiger partial charge in [-0.25, -0.2) is 4.98 Å². The number of aromatic nitrogens is 2. The number of carbonyl (C=O) groups is 1. The number of benzene rings is 2. The van der Waals surface area contributed by atoms with Crippen LogP contribution in [-0.4, -0.2) is 15.3 Å². The third-order valence-electron chi connectivity index (χ3n) is 4.09. The van der Waals surface area contributed by atoms with Crippen molar-refractivity contribution in [2.24, 2.45) is 5.92 Å². The van der Waals surface area contributed by atoms with Crippen LogP contribution in [0.4, 0.5) is 5.13 Å². The van der Waals surface area contributed by atoms with Gasteiger partial charge in [-0.1, -0.05) is 42.5 Å². The molecule has 22 heavy (non-hydrogen) atoms. The first-order valence-corrected chi connectivity index (χ1v) is 8.08. The molecule has 1 fully saturated rings. The highest BCUT2D eigenvalue weighted by Crippen LogP contribution is 2.48. The van der Waals surface area contributed by atoms with Crippen LogP contribution in [0.3, 0.4) is 0 Å². The largest absolute Gasteiger partial charge is 0.300 e. The molecule has 4 rings (SSSR count). The molecule has 5 heteroatoms. The summed E-state index contributed by atoms with van der Waals surface area (Å²) in [6.07, 6.45) is 0.905. The van der Waals surface area contributed by atoms with E-state index in [0.717, 1.165) is 6.42 Å². The Morgan fingerprint density at radius 2 is 2.05 bits per heavy atom. The number of rotatable bonds is 3. The number of amides is 1. The zero-order valence-electron chi connectivity index (χ0n) is 12.1. The Balaban J connectivity index is 1.49. The fraction of sp³-hybridized carbons (Fsp3) is 0.235. The van der Waals surface area contributed by atoms with Crippen LogP contribution in [0, 0.1) is 12.8 Å². The Morgan fingerprint density at radius 3 is 2.82 bits per heavy atom.